The molecule has 2 aromatic rings. The van der Waals surface area contributed by atoms with Crippen LogP contribution in [0.25, 0.3) is 5.57 Å². The van der Waals surface area contributed by atoms with E-state index >= 15 is 0 Å². The summed E-state index contributed by atoms with van der Waals surface area (Å²) in [6.07, 6.45) is 11.0. The van der Waals surface area contributed by atoms with Gasteiger partial charge in [0.25, 0.3) is 5.56 Å². The van der Waals surface area contributed by atoms with Crippen LogP contribution in [0.5, 0.6) is 0 Å². The number of benzene rings is 1. The molecule has 0 saturated carbocycles. The van der Waals surface area contributed by atoms with Gasteiger partial charge >= 0.3 is 0 Å². The second-order valence-electron chi connectivity index (χ2n) is 8.77. The van der Waals surface area contributed by atoms with Crippen LogP contribution in [0.1, 0.15) is 68.4 Å². The van der Waals surface area contributed by atoms with Crippen LogP contribution in [-0.4, -0.2) is 14.7 Å². The molecule has 1 heterocycles. The maximum absolute atomic E-state index is 13.5. The van der Waals surface area contributed by atoms with E-state index in [9.17, 15) is 15.2 Å². The van der Waals surface area contributed by atoms with Gasteiger partial charge in [-0.3, -0.25) is 9.36 Å². The first-order valence-corrected chi connectivity index (χ1v) is 11.8. The van der Waals surface area contributed by atoms with Crippen LogP contribution < -0.4 is 5.56 Å². The fraction of sp³-hybridized carbons (Fsp3) is 0.393. The molecular weight excluding hydrogens is 410 g/mol. The third kappa shape index (κ3) is 5.40. The highest BCUT2D eigenvalue weighted by Gasteiger charge is 2.24. The van der Waals surface area contributed by atoms with E-state index in [1.807, 2.05) is 75.4 Å². The van der Waals surface area contributed by atoms with Gasteiger partial charge in [-0.1, -0.05) is 82.3 Å². The van der Waals surface area contributed by atoms with E-state index in [0.29, 0.717) is 30.6 Å². The molecule has 1 aromatic carbocycles. The third-order valence-electron chi connectivity index (χ3n) is 6.00. The quantitative estimate of drug-likeness (QED) is 0.612. The maximum Gasteiger partial charge on any atom is 0.259 e. The standard InChI is InChI=1S/C28H33N3O2/c1-5-10-25-30-24(6-2)26(27(32)19(3)4)28(33)31(25)18-20-13-15-21(16-14-20)23-12-9-7-8-11-22(23)17-29/h7-9,11-16,19,22,27,32H,5-6,10,18H2,1-4H3. The van der Waals surface area contributed by atoms with E-state index in [4.69, 9.17) is 4.98 Å². The van der Waals surface area contributed by atoms with Gasteiger partial charge in [0, 0.05) is 6.42 Å². The Balaban J connectivity index is 2.00. The molecule has 2 unspecified atom stereocenters. The normalized spacial score (nSPS) is 16.4. The van der Waals surface area contributed by atoms with E-state index in [0.717, 1.165) is 28.9 Å². The Morgan fingerprint density at radius 1 is 1.15 bits per heavy atom. The van der Waals surface area contributed by atoms with Crippen LogP contribution in [0.3, 0.4) is 0 Å². The second kappa shape index (κ2) is 11.1. The van der Waals surface area contributed by atoms with Crippen LogP contribution in [0.4, 0.5) is 0 Å². The van der Waals surface area contributed by atoms with Gasteiger partial charge in [-0.25, -0.2) is 4.98 Å². The van der Waals surface area contributed by atoms with Gasteiger partial charge in [-0.15, -0.1) is 0 Å². The summed E-state index contributed by atoms with van der Waals surface area (Å²) in [6.45, 7) is 8.26. The average molecular weight is 444 g/mol. The number of aromatic nitrogens is 2. The van der Waals surface area contributed by atoms with E-state index in [1.165, 1.54) is 0 Å². The lowest BCUT2D eigenvalue weighted by Gasteiger charge is -2.21. The van der Waals surface area contributed by atoms with Crippen molar-refractivity contribution in [2.24, 2.45) is 11.8 Å². The van der Waals surface area contributed by atoms with Gasteiger partial charge < -0.3 is 5.11 Å². The van der Waals surface area contributed by atoms with Gasteiger partial charge in [0.15, 0.2) is 0 Å². The summed E-state index contributed by atoms with van der Waals surface area (Å²) in [5.41, 5.74) is 3.88. The van der Waals surface area contributed by atoms with Crippen molar-refractivity contribution in [1.82, 2.24) is 9.55 Å². The Hall–Kier alpha value is -3.23. The summed E-state index contributed by atoms with van der Waals surface area (Å²) in [4.78, 5) is 18.3. The number of aliphatic hydroxyl groups is 1. The number of rotatable bonds is 8. The minimum Gasteiger partial charge on any atom is -0.388 e. The Morgan fingerprint density at radius 2 is 1.88 bits per heavy atom. The highest BCUT2D eigenvalue weighted by Crippen LogP contribution is 2.27. The first kappa shape index (κ1) is 24.4. The number of nitrogens with zero attached hydrogens (tertiary/aromatic N) is 3. The number of nitriles is 1. The molecule has 3 rings (SSSR count). The smallest absolute Gasteiger partial charge is 0.259 e. The molecule has 0 radical (unpaired) electrons. The van der Waals surface area contributed by atoms with E-state index < -0.39 is 6.10 Å². The van der Waals surface area contributed by atoms with Gasteiger partial charge in [-0.05, 0) is 35.5 Å². The van der Waals surface area contributed by atoms with Crippen LogP contribution in [0.2, 0.25) is 0 Å². The molecule has 1 aliphatic rings. The Morgan fingerprint density at radius 3 is 2.48 bits per heavy atom. The van der Waals surface area contributed by atoms with Gasteiger partial charge in [-0.2, -0.15) is 5.26 Å². The zero-order valence-electron chi connectivity index (χ0n) is 20.0. The molecular formula is C28H33N3O2. The lowest BCUT2D eigenvalue weighted by Crippen LogP contribution is -2.33. The molecule has 0 saturated heterocycles. The lowest BCUT2D eigenvalue weighted by molar-refractivity contribution is 0.123. The number of hydrogen-bond acceptors (Lipinski definition) is 4. The van der Waals surface area contributed by atoms with Crippen LogP contribution in [-0.2, 0) is 19.4 Å². The molecule has 0 amide bonds. The molecule has 1 aromatic heterocycles. The lowest BCUT2D eigenvalue weighted by atomic mass is 9.92. The summed E-state index contributed by atoms with van der Waals surface area (Å²) in [6, 6.07) is 10.3. The molecule has 5 heteroatoms. The molecule has 1 N–H and O–H groups in total. The Labute approximate surface area is 196 Å². The largest absolute Gasteiger partial charge is 0.388 e. The summed E-state index contributed by atoms with van der Waals surface area (Å²) in [7, 11) is 0. The number of allylic oxidation sites excluding steroid dienone is 6. The zero-order valence-corrected chi connectivity index (χ0v) is 20.0. The fourth-order valence-corrected chi connectivity index (χ4v) is 4.12. The predicted octanol–water partition coefficient (Wildman–Crippen LogP) is 5.15. The topological polar surface area (TPSA) is 78.9 Å². The minimum atomic E-state index is -0.838. The van der Waals surface area contributed by atoms with Crippen molar-refractivity contribution in [2.45, 2.75) is 59.6 Å². The molecule has 172 valence electrons. The van der Waals surface area contributed by atoms with Gasteiger partial charge in [0.1, 0.15) is 5.82 Å². The summed E-state index contributed by atoms with van der Waals surface area (Å²) in [5.74, 6) is 0.392. The monoisotopic (exact) mass is 443 g/mol. The SMILES string of the molecule is CCCc1nc(CC)c(C(O)C(C)C)c(=O)n1Cc1ccc(C2=CC=CC=CC2C#N)cc1. The Bertz CT molecular complexity index is 1160. The van der Waals surface area contributed by atoms with Crippen molar-refractivity contribution in [1.29, 1.82) is 5.26 Å². The molecule has 0 aliphatic heterocycles. The molecule has 0 bridgehead atoms. The summed E-state index contributed by atoms with van der Waals surface area (Å²) in [5, 5.41) is 20.3. The van der Waals surface area contributed by atoms with E-state index in [-0.39, 0.29) is 17.4 Å². The zero-order chi connectivity index (χ0) is 24.0. The fourth-order valence-electron chi connectivity index (χ4n) is 4.12. The summed E-state index contributed by atoms with van der Waals surface area (Å²) >= 11 is 0. The average Bonchev–Trinajstić information content (AvgIpc) is 3.06. The molecule has 2 atom stereocenters. The number of aryl methyl sites for hydroxylation is 2. The van der Waals surface area contributed by atoms with Crippen molar-refractivity contribution in [3.8, 4) is 6.07 Å². The van der Waals surface area contributed by atoms with Crippen molar-refractivity contribution in [3.05, 3.63) is 93.2 Å². The van der Waals surface area contributed by atoms with Crippen molar-refractivity contribution in [3.63, 3.8) is 0 Å². The third-order valence-corrected chi connectivity index (χ3v) is 6.00. The van der Waals surface area contributed by atoms with Crippen LogP contribution >= 0.6 is 0 Å². The van der Waals surface area contributed by atoms with Gasteiger partial charge in [0.05, 0.1) is 35.9 Å². The maximum atomic E-state index is 13.5. The van der Waals surface area contributed by atoms with Crippen molar-refractivity contribution >= 4 is 5.57 Å². The number of hydrogen-bond donors (Lipinski definition) is 1. The van der Waals surface area contributed by atoms with Crippen molar-refractivity contribution in [2.75, 3.05) is 0 Å². The van der Waals surface area contributed by atoms with Crippen molar-refractivity contribution < 1.29 is 5.11 Å². The predicted molar refractivity (Wildman–Crippen MR) is 133 cm³/mol. The molecule has 0 fully saturated rings. The van der Waals surface area contributed by atoms with E-state index in [1.54, 1.807) is 4.57 Å². The van der Waals surface area contributed by atoms with E-state index in [2.05, 4.69) is 13.0 Å². The minimum absolute atomic E-state index is 0.0708. The first-order valence-electron chi connectivity index (χ1n) is 11.8. The summed E-state index contributed by atoms with van der Waals surface area (Å²) < 4.78 is 1.72. The first-order chi connectivity index (χ1) is 15.9. The molecule has 0 spiro atoms. The molecule has 1 aliphatic carbocycles. The molecule has 33 heavy (non-hydrogen) atoms. The Kier molecular flexibility index (Phi) is 8.19. The number of aliphatic hydroxyl groups excluding tert-OH is 1. The van der Waals surface area contributed by atoms with Gasteiger partial charge in [0.2, 0.25) is 0 Å². The highest BCUT2D eigenvalue weighted by atomic mass is 16.3. The second-order valence-corrected chi connectivity index (χ2v) is 8.77. The van der Waals surface area contributed by atoms with Crippen LogP contribution in [0, 0.1) is 23.2 Å². The highest BCUT2D eigenvalue weighted by molar-refractivity contribution is 5.73. The molecule has 5 nitrogen and oxygen atoms in total. The van der Waals surface area contributed by atoms with Crippen LogP contribution in [0.15, 0.2) is 59.4 Å².